The van der Waals surface area contributed by atoms with Gasteiger partial charge in [-0.2, -0.15) is 5.10 Å². The average Bonchev–Trinajstić information content (AvgIpc) is 2.97. The SMILES string of the molecule is O=C(O)c1ccn(-c2ncnc3nc[nH]c23)n1. The highest BCUT2D eigenvalue weighted by molar-refractivity contribution is 5.85. The molecule has 0 aromatic carbocycles. The number of carboxylic acids is 1. The zero-order chi connectivity index (χ0) is 11.8. The van der Waals surface area contributed by atoms with Gasteiger partial charge in [0.15, 0.2) is 17.2 Å². The maximum absolute atomic E-state index is 10.7. The van der Waals surface area contributed by atoms with Crippen LogP contribution in [0.2, 0.25) is 0 Å². The van der Waals surface area contributed by atoms with E-state index < -0.39 is 5.97 Å². The zero-order valence-corrected chi connectivity index (χ0v) is 8.40. The molecule has 0 radical (unpaired) electrons. The van der Waals surface area contributed by atoms with Crippen LogP contribution in [0.25, 0.3) is 17.0 Å². The van der Waals surface area contributed by atoms with Crippen LogP contribution >= 0.6 is 0 Å². The van der Waals surface area contributed by atoms with Crippen molar-refractivity contribution in [3.63, 3.8) is 0 Å². The van der Waals surface area contributed by atoms with Gasteiger partial charge in [-0.15, -0.1) is 0 Å². The molecule has 2 N–H and O–H groups in total. The van der Waals surface area contributed by atoms with Gasteiger partial charge in [0.05, 0.1) is 6.33 Å². The van der Waals surface area contributed by atoms with Crippen molar-refractivity contribution in [2.75, 3.05) is 0 Å². The molecule has 84 valence electrons. The van der Waals surface area contributed by atoms with Gasteiger partial charge in [0.1, 0.15) is 11.8 Å². The summed E-state index contributed by atoms with van der Waals surface area (Å²) in [6.07, 6.45) is 4.36. The first-order chi connectivity index (χ1) is 8.25. The summed E-state index contributed by atoms with van der Waals surface area (Å²) in [5.41, 5.74) is 1.06. The van der Waals surface area contributed by atoms with Gasteiger partial charge < -0.3 is 10.1 Å². The zero-order valence-electron chi connectivity index (χ0n) is 8.40. The largest absolute Gasteiger partial charge is 0.476 e. The van der Waals surface area contributed by atoms with Crippen LogP contribution in [0.1, 0.15) is 10.5 Å². The molecule has 0 saturated heterocycles. The number of nitrogens with zero attached hydrogens (tertiary/aromatic N) is 5. The maximum Gasteiger partial charge on any atom is 0.356 e. The van der Waals surface area contributed by atoms with Crippen molar-refractivity contribution in [2.24, 2.45) is 0 Å². The lowest BCUT2D eigenvalue weighted by Gasteiger charge is -1.99. The lowest BCUT2D eigenvalue weighted by molar-refractivity contribution is 0.0690. The summed E-state index contributed by atoms with van der Waals surface area (Å²) < 4.78 is 1.37. The number of hydrogen-bond donors (Lipinski definition) is 2. The van der Waals surface area contributed by atoms with Gasteiger partial charge in [-0.3, -0.25) is 0 Å². The van der Waals surface area contributed by atoms with Crippen LogP contribution < -0.4 is 0 Å². The Hall–Kier alpha value is -2.77. The molecule has 0 unspecified atom stereocenters. The lowest BCUT2D eigenvalue weighted by Crippen LogP contribution is -2.03. The van der Waals surface area contributed by atoms with E-state index in [1.165, 1.54) is 29.6 Å². The molecule has 8 heteroatoms. The Morgan fingerprint density at radius 3 is 3.00 bits per heavy atom. The van der Waals surface area contributed by atoms with Crippen molar-refractivity contribution in [3.05, 3.63) is 30.6 Å². The van der Waals surface area contributed by atoms with Gasteiger partial charge in [-0.1, -0.05) is 0 Å². The Morgan fingerprint density at radius 2 is 2.24 bits per heavy atom. The summed E-state index contributed by atoms with van der Waals surface area (Å²) in [4.78, 5) is 25.6. The fraction of sp³-hybridized carbons (Fsp3) is 0. The van der Waals surface area contributed by atoms with Crippen LogP contribution in [0.4, 0.5) is 0 Å². The molecule has 3 aromatic rings. The number of aromatic amines is 1. The molecule has 0 saturated carbocycles. The third-order valence-corrected chi connectivity index (χ3v) is 2.23. The minimum absolute atomic E-state index is 0.0451. The molecular formula is C9H6N6O2. The number of carbonyl (C=O) groups is 1. The number of aromatic nitrogens is 6. The smallest absolute Gasteiger partial charge is 0.356 e. The second-order valence-corrected chi connectivity index (χ2v) is 3.25. The van der Waals surface area contributed by atoms with Gasteiger partial charge in [0.25, 0.3) is 0 Å². The normalized spacial score (nSPS) is 10.8. The number of nitrogens with one attached hydrogen (secondary N) is 1. The second kappa shape index (κ2) is 3.37. The van der Waals surface area contributed by atoms with Crippen LogP contribution in [0, 0.1) is 0 Å². The third-order valence-electron chi connectivity index (χ3n) is 2.23. The van der Waals surface area contributed by atoms with Gasteiger partial charge in [0, 0.05) is 6.20 Å². The molecule has 3 aromatic heterocycles. The van der Waals surface area contributed by atoms with E-state index in [-0.39, 0.29) is 5.69 Å². The molecule has 17 heavy (non-hydrogen) atoms. The molecule has 0 atom stereocenters. The number of H-pyrrole nitrogens is 1. The average molecular weight is 230 g/mol. The number of hydrogen-bond acceptors (Lipinski definition) is 5. The van der Waals surface area contributed by atoms with E-state index in [4.69, 9.17) is 5.11 Å². The van der Waals surface area contributed by atoms with Gasteiger partial charge in [-0.25, -0.2) is 24.4 Å². The quantitative estimate of drug-likeness (QED) is 0.652. The number of rotatable bonds is 2. The monoisotopic (exact) mass is 230 g/mol. The van der Waals surface area contributed by atoms with Gasteiger partial charge in [-0.05, 0) is 6.07 Å². The van der Waals surface area contributed by atoms with Crippen molar-refractivity contribution >= 4 is 17.1 Å². The number of carboxylic acid groups (broad SMARTS) is 1. The van der Waals surface area contributed by atoms with Crippen molar-refractivity contribution in [1.82, 2.24) is 29.7 Å². The minimum Gasteiger partial charge on any atom is -0.476 e. The first-order valence-electron chi connectivity index (χ1n) is 4.69. The lowest BCUT2D eigenvalue weighted by atomic mass is 10.4. The first kappa shape index (κ1) is 9.46. The van der Waals surface area contributed by atoms with Crippen molar-refractivity contribution < 1.29 is 9.90 Å². The molecule has 0 aliphatic heterocycles. The molecule has 0 aliphatic rings. The fourth-order valence-electron chi connectivity index (χ4n) is 1.48. The molecule has 3 heterocycles. The summed E-state index contributed by atoms with van der Waals surface area (Å²) in [7, 11) is 0. The van der Waals surface area contributed by atoms with E-state index in [0.29, 0.717) is 17.0 Å². The van der Waals surface area contributed by atoms with Crippen molar-refractivity contribution in [1.29, 1.82) is 0 Å². The fourth-order valence-corrected chi connectivity index (χ4v) is 1.48. The summed E-state index contributed by atoms with van der Waals surface area (Å²) >= 11 is 0. The Labute approximate surface area is 94.0 Å². The number of fused-ring (bicyclic) bond motifs is 1. The Kier molecular flexibility index (Phi) is 1.87. The number of imidazole rings is 1. The standard InChI is InChI=1S/C9H6N6O2/c16-9(17)5-1-2-15(14-5)8-6-7(11-3-10-6)12-4-13-8/h1-4H,(H,16,17)(H,10,11,12,13). The topological polar surface area (TPSA) is 110 Å². The highest BCUT2D eigenvalue weighted by atomic mass is 16.4. The summed E-state index contributed by atoms with van der Waals surface area (Å²) in [6.45, 7) is 0. The summed E-state index contributed by atoms with van der Waals surface area (Å²) in [6, 6.07) is 1.40. The predicted molar refractivity (Wildman–Crippen MR) is 55.8 cm³/mol. The summed E-state index contributed by atoms with van der Waals surface area (Å²) in [5, 5.41) is 12.7. The molecule has 0 aliphatic carbocycles. The van der Waals surface area contributed by atoms with Crippen LogP contribution in [0.5, 0.6) is 0 Å². The van der Waals surface area contributed by atoms with Crippen LogP contribution in [-0.4, -0.2) is 40.8 Å². The predicted octanol–water partition coefficient (Wildman–Crippen LogP) is 0.237. The summed E-state index contributed by atoms with van der Waals surface area (Å²) in [5.74, 6) is -0.626. The third kappa shape index (κ3) is 1.42. The van der Waals surface area contributed by atoms with Crippen molar-refractivity contribution in [2.45, 2.75) is 0 Å². The first-order valence-corrected chi connectivity index (χ1v) is 4.69. The van der Waals surface area contributed by atoms with E-state index in [1.807, 2.05) is 0 Å². The van der Waals surface area contributed by atoms with E-state index >= 15 is 0 Å². The minimum atomic E-state index is -1.08. The van der Waals surface area contributed by atoms with E-state index in [1.54, 1.807) is 0 Å². The number of aromatic carboxylic acids is 1. The van der Waals surface area contributed by atoms with E-state index in [2.05, 4.69) is 25.0 Å². The molecule has 3 rings (SSSR count). The molecule has 0 amide bonds. The van der Waals surface area contributed by atoms with E-state index in [9.17, 15) is 4.79 Å². The Morgan fingerprint density at radius 1 is 1.35 bits per heavy atom. The Bertz CT molecular complexity index is 700. The van der Waals surface area contributed by atoms with Crippen LogP contribution in [-0.2, 0) is 0 Å². The molecule has 8 nitrogen and oxygen atoms in total. The van der Waals surface area contributed by atoms with Gasteiger partial charge >= 0.3 is 5.97 Å². The highest BCUT2D eigenvalue weighted by Crippen LogP contribution is 2.13. The van der Waals surface area contributed by atoms with Crippen molar-refractivity contribution in [3.8, 4) is 5.82 Å². The van der Waals surface area contributed by atoms with Gasteiger partial charge in [0.2, 0.25) is 0 Å². The maximum atomic E-state index is 10.7. The second-order valence-electron chi connectivity index (χ2n) is 3.25. The van der Waals surface area contributed by atoms with Crippen LogP contribution in [0.15, 0.2) is 24.9 Å². The van der Waals surface area contributed by atoms with Crippen LogP contribution in [0.3, 0.4) is 0 Å². The van der Waals surface area contributed by atoms with E-state index in [0.717, 1.165) is 0 Å². The molecule has 0 spiro atoms. The highest BCUT2D eigenvalue weighted by Gasteiger charge is 2.12. The molecule has 0 bridgehead atoms. The molecular weight excluding hydrogens is 224 g/mol. The Balaban J connectivity index is 2.19. The molecule has 0 fully saturated rings.